The molecule has 0 unspecified atom stereocenters. The van der Waals surface area contributed by atoms with E-state index in [9.17, 15) is 24.5 Å². The van der Waals surface area contributed by atoms with Gasteiger partial charge in [-0.25, -0.2) is 0 Å². The van der Waals surface area contributed by atoms with E-state index in [0.29, 0.717) is 11.4 Å². The van der Waals surface area contributed by atoms with Gasteiger partial charge in [-0.05, 0) is 55.7 Å². The molecule has 31 heavy (non-hydrogen) atoms. The molecule has 0 heterocycles. The van der Waals surface area contributed by atoms with Crippen LogP contribution < -0.4 is 10.6 Å². The van der Waals surface area contributed by atoms with E-state index in [1.807, 2.05) is 19.9 Å². The van der Waals surface area contributed by atoms with E-state index in [1.54, 1.807) is 6.07 Å². The molecule has 0 saturated heterocycles. The maximum absolute atomic E-state index is 12.0. The number of nitrogens with zero attached hydrogens (tertiary/aromatic N) is 1. The minimum atomic E-state index is -0.581. The van der Waals surface area contributed by atoms with Crippen LogP contribution in [0.2, 0.25) is 0 Å². The molecule has 2 N–H and O–H groups in total. The van der Waals surface area contributed by atoms with Crippen LogP contribution in [0.1, 0.15) is 30.4 Å². The number of non-ortho nitro benzene ring substituents is 1. The molecule has 164 valence electrons. The van der Waals surface area contributed by atoms with Gasteiger partial charge in [-0.1, -0.05) is 15.9 Å². The van der Waals surface area contributed by atoms with E-state index in [-0.39, 0.29) is 30.9 Å². The van der Waals surface area contributed by atoms with E-state index in [1.165, 1.54) is 24.3 Å². The topological polar surface area (TPSA) is 128 Å². The zero-order valence-corrected chi connectivity index (χ0v) is 18.7. The lowest BCUT2D eigenvalue weighted by molar-refractivity contribution is -0.384. The van der Waals surface area contributed by atoms with E-state index >= 15 is 0 Å². The van der Waals surface area contributed by atoms with Gasteiger partial charge in [-0.3, -0.25) is 24.5 Å². The second-order valence-electron chi connectivity index (χ2n) is 6.76. The van der Waals surface area contributed by atoms with Gasteiger partial charge in [0.2, 0.25) is 5.91 Å². The molecular formula is C21H22BrN3O6. The van der Waals surface area contributed by atoms with Gasteiger partial charge in [0.15, 0.2) is 6.61 Å². The molecule has 0 aliphatic rings. The number of hydrogen-bond donors (Lipinski definition) is 2. The van der Waals surface area contributed by atoms with Gasteiger partial charge < -0.3 is 15.4 Å². The van der Waals surface area contributed by atoms with E-state index in [4.69, 9.17) is 4.74 Å². The molecule has 0 aliphatic carbocycles. The highest BCUT2D eigenvalue weighted by atomic mass is 79.9. The Kier molecular flexibility index (Phi) is 8.68. The summed E-state index contributed by atoms with van der Waals surface area (Å²) < 4.78 is 5.89. The van der Waals surface area contributed by atoms with Gasteiger partial charge in [0.1, 0.15) is 0 Å². The van der Waals surface area contributed by atoms with Crippen molar-refractivity contribution in [1.29, 1.82) is 0 Å². The number of carbonyl (C=O) groups is 3. The Morgan fingerprint density at radius 3 is 2.29 bits per heavy atom. The lowest BCUT2D eigenvalue weighted by atomic mass is 10.1. The maximum Gasteiger partial charge on any atom is 0.306 e. The van der Waals surface area contributed by atoms with Crippen LogP contribution in [0.25, 0.3) is 0 Å². The van der Waals surface area contributed by atoms with Crippen molar-refractivity contribution in [1.82, 2.24) is 0 Å². The fourth-order valence-corrected chi connectivity index (χ4v) is 3.04. The number of amides is 2. The van der Waals surface area contributed by atoms with Crippen LogP contribution in [0.4, 0.5) is 17.1 Å². The van der Waals surface area contributed by atoms with Crippen LogP contribution in [0, 0.1) is 24.0 Å². The molecule has 0 atom stereocenters. The molecule has 2 aromatic carbocycles. The lowest BCUT2D eigenvalue weighted by Crippen LogP contribution is -2.21. The Hall–Kier alpha value is -3.27. The number of hydrogen-bond acceptors (Lipinski definition) is 6. The van der Waals surface area contributed by atoms with Crippen molar-refractivity contribution in [2.75, 3.05) is 17.2 Å². The minimum absolute atomic E-state index is 0.0165. The number of nitro groups is 1. The second-order valence-corrected chi connectivity index (χ2v) is 7.61. The Balaban J connectivity index is 1.68. The smallest absolute Gasteiger partial charge is 0.306 e. The highest BCUT2D eigenvalue weighted by Crippen LogP contribution is 2.25. The summed E-state index contributed by atoms with van der Waals surface area (Å²) in [5.74, 6) is -1.36. The summed E-state index contributed by atoms with van der Waals surface area (Å²) in [6.07, 6.45) is 0.289. The maximum atomic E-state index is 12.0. The van der Waals surface area contributed by atoms with Gasteiger partial charge >= 0.3 is 5.97 Å². The Labute approximate surface area is 187 Å². The Morgan fingerprint density at radius 1 is 0.968 bits per heavy atom. The largest absolute Gasteiger partial charge is 0.456 e. The van der Waals surface area contributed by atoms with Crippen molar-refractivity contribution in [2.45, 2.75) is 33.1 Å². The molecule has 0 radical (unpaired) electrons. The molecular weight excluding hydrogens is 470 g/mol. The number of rotatable bonds is 9. The minimum Gasteiger partial charge on any atom is -0.456 e. The third-order valence-electron chi connectivity index (χ3n) is 4.51. The molecule has 0 fully saturated rings. The third-order valence-corrected chi connectivity index (χ3v) is 5.37. The van der Waals surface area contributed by atoms with Gasteiger partial charge in [0.05, 0.1) is 4.92 Å². The summed E-state index contributed by atoms with van der Waals surface area (Å²) in [4.78, 5) is 45.8. The number of benzene rings is 2. The molecule has 0 saturated carbocycles. The number of nitro benzene ring substituents is 1. The SMILES string of the molecule is Cc1c(Br)ccc(NC(=O)COC(=O)CCCC(=O)Nc2ccc([N+](=O)[O-])cc2)c1C. The first-order valence-electron chi connectivity index (χ1n) is 9.43. The van der Waals surface area contributed by atoms with Crippen molar-refractivity contribution < 1.29 is 24.0 Å². The highest BCUT2D eigenvalue weighted by Gasteiger charge is 2.12. The number of anilines is 2. The molecule has 0 aliphatic heterocycles. The first-order valence-corrected chi connectivity index (χ1v) is 10.2. The van der Waals surface area contributed by atoms with Crippen LogP contribution >= 0.6 is 15.9 Å². The number of carbonyl (C=O) groups excluding carboxylic acids is 3. The average Bonchev–Trinajstić information content (AvgIpc) is 2.73. The van der Waals surface area contributed by atoms with Crippen LogP contribution in [0.15, 0.2) is 40.9 Å². The molecule has 0 spiro atoms. The van der Waals surface area contributed by atoms with Gasteiger partial charge in [0.25, 0.3) is 11.6 Å². The summed E-state index contributed by atoms with van der Waals surface area (Å²) in [7, 11) is 0. The zero-order valence-electron chi connectivity index (χ0n) is 17.1. The Bertz CT molecular complexity index is 991. The van der Waals surface area contributed by atoms with Crippen LogP contribution in [0.5, 0.6) is 0 Å². The van der Waals surface area contributed by atoms with Crippen molar-refractivity contribution >= 4 is 50.8 Å². The van der Waals surface area contributed by atoms with Crippen molar-refractivity contribution in [3.05, 3.63) is 62.1 Å². The number of ether oxygens (including phenoxy) is 1. The second kappa shape index (κ2) is 11.2. The zero-order chi connectivity index (χ0) is 23.0. The Morgan fingerprint density at radius 2 is 1.65 bits per heavy atom. The molecule has 2 amide bonds. The van der Waals surface area contributed by atoms with Gasteiger partial charge in [0, 0.05) is 40.8 Å². The standard InChI is InChI=1S/C21H22BrN3O6/c1-13-14(2)18(11-10-17(13)22)24-20(27)12-31-21(28)5-3-4-19(26)23-15-6-8-16(9-7-15)25(29)30/h6-11H,3-5,12H2,1-2H3,(H,23,26)(H,24,27). The number of nitrogens with one attached hydrogen (secondary N) is 2. The van der Waals surface area contributed by atoms with Crippen molar-refractivity contribution in [3.8, 4) is 0 Å². The third kappa shape index (κ3) is 7.49. The fraction of sp³-hybridized carbons (Fsp3) is 0.286. The summed E-state index contributed by atoms with van der Waals surface area (Å²) >= 11 is 3.42. The van der Waals surface area contributed by atoms with Crippen LogP contribution in [-0.4, -0.2) is 29.3 Å². The molecule has 2 rings (SSSR count). The first-order chi connectivity index (χ1) is 14.7. The van der Waals surface area contributed by atoms with E-state index in [0.717, 1.165) is 15.6 Å². The van der Waals surface area contributed by atoms with Crippen LogP contribution in [0.3, 0.4) is 0 Å². The van der Waals surface area contributed by atoms with E-state index < -0.39 is 23.4 Å². The summed E-state index contributed by atoms with van der Waals surface area (Å²) in [5.41, 5.74) is 2.91. The fourth-order valence-electron chi connectivity index (χ4n) is 2.61. The van der Waals surface area contributed by atoms with Crippen molar-refractivity contribution in [2.24, 2.45) is 0 Å². The molecule has 0 aromatic heterocycles. The monoisotopic (exact) mass is 491 g/mol. The predicted octanol–water partition coefficient (Wildman–Crippen LogP) is 4.26. The van der Waals surface area contributed by atoms with Gasteiger partial charge in [-0.15, -0.1) is 0 Å². The van der Waals surface area contributed by atoms with Gasteiger partial charge in [-0.2, -0.15) is 0 Å². The molecule has 2 aromatic rings. The quantitative estimate of drug-likeness (QED) is 0.306. The summed E-state index contributed by atoms with van der Waals surface area (Å²) in [6, 6.07) is 9.01. The molecule has 10 heteroatoms. The van der Waals surface area contributed by atoms with Crippen LogP contribution in [-0.2, 0) is 19.1 Å². The lowest BCUT2D eigenvalue weighted by Gasteiger charge is -2.12. The normalized spacial score (nSPS) is 10.3. The number of halogens is 1. The first kappa shape index (κ1) is 24.0. The number of esters is 1. The highest BCUT2D eigenvalue weighted by molar-refractivity contribution is 9.10. The predicted molar refractivity (Wildman–Crippen MR) is 119 cm³/mol. The summed E-state index contributed by atoms with van der Waals surface area (Å²) in [6.45, 7) is 3.39. The van der Waals surface area contributed by atoms with Crippen molar-refractivity contribution in [3.63, 3.8) is 0 Å². The average molecular weight is 492 g/mol. The summed E-state index contributed by atoms with van der Waals surface area (Å²) in [5, 5.41) is 15.9. The molecule has 9 nitrogen and oxygen atoms in total. The molecule has 0 bridgehead atoms. The van der Waals surface area contributed by atoms with E-state index in [2.05, 4.69) is 26.6 Å².